The van der Waals surface area contributed by atoms with E-state index in [4.69, 9.17) is 0 Å². The van der Waals surface area contributed by atoms with Crippen molar-refractivity contribution in [3.8, 4) is 0 Å². The number of benzene rings is 1. The van der Waals surface area contributed by atoms with Crippen molar-refractivity contribution in [1.29, 1.82) is 0 Å². The summed E-state index contributed by atoms with van der Waals surface area (Å²) < 4.78 is 12.8. The predicted octanol–water partition coefficient (Wildman–Crippen LogP) is 2.89. The zero-order valence-corrected chi connectivity index (χ0v) is 10.2. The Bertz CT molecular complexity index is 311. The van der Waals surface area contributed by atoms with Crippen LogP contribution in [-0.2, 0) is 0 Å². The van der Waals surface area contributed by atoms with E-state index in [1.165, 1.54) is 12.1 Å². The van der Waals surface area contributed by atoms with Gasteiger partial charge >= 0.3 is 80.0 Å². The molecule has 1 aromatic rings. The van der Waals surface area contributed by atoms with Gasteiger partial charge in [-0.05, 0) is 0 Å². The molecule has 3 heteroatoms. The van der Waals surface area contributed by atoms with Gasteiger partial charge in [-0.2, -0.15) is 0 Å². The van der Waals surface area contributed by atoms with E-state index in [-0.39, 0.29) is 10.4 Å². The van der Waals surface area contributed by atoms with E-state index in [9.17, 15) is 9.18 Å². The van der Waals surface area contributed by atoms with E-state index in [0.29, 0.717) is 5.56 Å². The summed E-state index contributed by atoms with van der Waals surface area (Å²) in [6, 6.07) is 5.80. The van der Waals surface area contributed by atoms with Crippen LogP contribution in [0.5, 0.6) is 0 Å². The van der Waals surface area contributed by atoms with Gasteiger partial charge in [-0.15, -0.1) is 0 Å². The Labute approximate surface area is 80.3 Å². The molecule has 0 spiro atoms. The summed E-state index contributed by atoms with van der Waals surface area (Å²) in [7, 11) is 0. The van der Waals surface area contributed by atoms with Crippen LogP contribution in [0, 0.1) is 5.82 Å². The zero-order chi connectivity index (χ0) is 10.1. The minimum absolute atomic E-state index is 0.222. The predicted molar refractivity (Wildman–Crippen MR) is 54.1 cm³/mol. The number of rotatable bonds is 2. The van der Waals surface area contributed by atoms with Gasteiger partial charge in [-0.3, -0.25) is 0 Å². The molecule has 0 aliphatic heterocycles. The second kappa shape index (κ2) is 3.62. The van der Waals surface area contributed by atoms with Gasteiger partial charge in [0.2, 0.25) is 0 Å². The molecule has 0 atom stereocenters. The van der Waals surface area contributed by atoms with Gasteiger partial charge in [0.1, 0.15) is 0 Å². The molecule has 0 aliphatic carbocycles. The summed E-state index contributed by atoms with van der Waals surface area (Å²) in [5, 5.41) is 0. The van der Waals surface area contributed by atoms with Crippen molar-refractivity contribution in [2.45, 2.75) is 17.3 Å². The molecule has 1 aromatic carbocycles. The molecule has 0 radical (unpaired) electrons. The molecule has 0 aliphatic rings. The molecular formula is C10H13FGeO. The third kappa shape index (κ3) is 2.66. The van der Waals surface area contributed by atoms with Crippen molar-refractivity contribution >= 4 is 17.9 Å². The van der Waals surface area contributed by atoms with Crippen LogP contribution in [0.15, 0.2) is 24.3 Å². The second-order valence-corrected chi connectivity index (χ2v) is 14.5. The molecule has 0 aromatic heterocycles. The first-order valence-corrected chi connectivity index (χ1v) is 11.6. The molecule has 0 saturated heterocycles. The molecule has 13 heavy (non-hydrogen) atoms. The summed E-state index contributed by atoms with van der Waals surface area (Å²) >= 11 is -2.26. The molecule has 0 heterocycles. The average Bonchev–Trinajstić information content (AvgIpc) is 2.03. The number of hydrogen-bond acceptors (Lipinski definition) is 1. The Morgan fingerprint density at radius 3 is 2.00 bits per heavy atom. The SMILES string of the molecule is [CH3][Ge]([CH3])([CH3])[C](=O)c1ccc(F)cc1. The van der Waals surface area contributed by atoms with Crippen molar-refractivity contribution in [2.75, 3.05) is 0 Å². The molecule has 70 valence electrons. The van der Waals surface area contributed by atoms with Gasteiger partial charge in [0.15, 0.2) is 0 Å². The molecule has 0 amide bonds. The van der Waals surface area contributed by atoms with Crippen LogP contribution in [0.2, 0.25) is 17.3 Å². The van der Waals surface area contributed by atoms with Gasteiger partial charge in [-0.1, -0.05) is 0 Å². The third-order valence-corrected chi connectivity index (χ3v) is 5.25. The molecule has 0 bridgehead atoms. The topological polar surface area (TPSA) is 17.1 Å². The fraction of sp³-hybridized carbons (Fsp3) is 0.300. The van der Waals surface area contributed by atoms with Crippen LogP contribution in [0.3, 0.4) is 0 Å². The maximum atomic E-state index is 12.6. The van der Waals surface area contributed by atoms with Crippen LogP contribution in [0.1, 0.15) is 10.4 Å². The van der Waals surface area contributed by atoms with Crippen molar-refractivity contribution in [1.82, 2.24) is 0 Å². The van der Waals surface area contributed by atoms with E-state index in [2.05, 4.69) is 0 Å². The third-order valence-electron chi connectivity index (χ3n) is 1.79. The first-order chi connectivity index (χ1) is 5.91. The molecule has 0 fully saturated rings. The van der Waals surface area contributed by atoms with Gasteiger partial charge in [0, 0.05) is 0 Å². The Morgan fingerprint density at radius 1 is 1.15 bits per heavy atom. The molecule has 0 N–H and O–H groups in total. The quantitative estimate of drug-likeness (QED) is 0.727. The number of carbonyl (C=O) groups excluding carboxylic acids is 1. The van der Waals surface area contributed by atoms with Gasteiger partial charge < -0.3 is 0 Å². The van der Waals surface area contributed by atoms with Crippen LogP contribution in [0.4, 0.5) is 4.39 Å². The summed E-state index contributed by atoms with van der Waals surface area (Å²) in [6.07, 6.45) is 0. The Kier molecular flexibility index (Phi) is 2.91. The van der Waals surface area contributed by atoms with E-state index in [0.717, 1.165) is 0 Å². The second-order valence-electron chi connectivity index (χ2n) is 4.09. The first-order valence-electron chi connectivity index (χ1n) is 4.21. The van der Waals surface area contributed by atoms with Crippen LogP contribution in [-0.4, -0.2) is 17.9 Å². The molecule has 1 nitrogen and oxygen atoms in total. The summed E-state index contributed by atoms with van der Waals surface area (Å²) in [6.45, 7) is 0. The summed E-state index contributed by atoms with van der Waals surface area (Å²) in [4.78, 5) is 11.7. The number of carbonyl (C=O) groups is 1. The molecule has 0 saturated carbocycles. The van der Waals surface area contributed by atoms with Gasteiger partial charge in [-0.25, -0.2) is 0 Å². The summed E-state index contributed by atoms with van der Waals surface area (Å²) in [5.74, 6) is 5.81. The Balaban J connectivity index is 2.97. The molecular weight excluding hydrogens is 228 g/mol. The fourth-order valence-electron chi connectivity index (χ4n) is 1.03. The number of halogens is 1. The van der Waals surface area contributed by atoms with Crippen molar-refractivity contribution in [3.63, 3.8) is 0 Å². The van der Waals surface area contributed by atoms with E-state index >= 15 is 0 Å². The van der Waals surface area contributed by atoms with Gasteiger partial charge in [0.25, 0.3) is 0 Å². The summed E-state index contributed by atoms with van der Waals surface area (Å²) in [5.41, 5.74) is 0.647. The van der Waals surface area contributed by atoms with Crippen LogP contribution < -0.4 is 0 Å². The maximum absolute atomic E-state index is 12.6. The van der Waals surface area contributed by atoms with E-state index < -0.39 is 13.3 Å². The van der Waals surface area contributed by atoms with Crippen molar-refractivity contribution < 1.29 is 9.18 Å². The van der Waals surface area contributed by atoms with Crippen molar-refractivity contribution in [3.05, 3.63) is 35.6 Å². The first kappa shape index (κ1) is 10.4. The normalized spacial score (nSPS) is 11.4. The van der Waals surface area contributed by atoms with Crippen molar-refractivity contribution in [2.24, 2.45) is 0 Å². The monoisotopic (exact) mass is 242 g/mol. The van der Waals surface area contributed by atoms with Crippen LogP contribution >= 0.6 is 0 Å². The molecule has 0 unspecified atom stereocenters. The Morgan fingerprint density at radius 2 is 1.62 bits per heavy atom. The zero-order valence-electron chi connectivity index (χ0n) is 8.10. The fourth-order valence-corrected chi connectivity index (χ4v) is 3.20. The standard InChI is InChI=1S/C10H13FGeO/c1-12(2,3)10(13)8-4-6-9(11)7-5-8/h4-7H,1-3H3. The minimum atomic E-state index is -2.26. The van der Waals surface area contributed by atoms with Gasteiger partial charge in [0.05, 0.1) is 0 Å². The Hall–Kier alpha value is -0.637. The molecule has 1 rings (SSSR count). The number of hydrogen-bond donors (Lipinski definition) is 0. The average molecular weight is 241 g/mol. The van der Waals surface area contributed by atoms with Crippen LogP contribution in [0.25, 0.3) is 0 Å². The van der Waals surface area contributed by atoms with E-state index in [1.807, 2.05) is 17.3 Å². The van der Waals surface area contributed by atoms with E-state index in [1.54, 1.807) is 12.1 Å².